The van der Waals surface area contributed by atoms with Gasteiger partial charge in [-0.25, -0.2) is 8.42 Å². The lowest BCUT2D eigenvalue weighted by atomic mass is 10.00. The summed E-state index contributed by atoms with van der Waals surface area (Å²) in [5.74, 6) is 0.292. The Morgan fingerprint density at radius 1 is 1.39 bits per heavy atom. The summed E-state index contributed by atoms with van der Waals surface area (Å²) in [6.45, 7) is 0.905. The van der Waals surface area contributed by atoms with Crippen molar-refractivity contribution in [2.75, 3.05) is 32.9 Å². The topological polar surface area (TPSA) is 70.6 Å². The van der Waals surface area contributed by atoms with Gasteiger partial charge in [0.15, 0.2) is 9.84 Å². The van der Waals surface area contributed by atoms with Gasteiger partial charge in [-0.05, 0) is 32.1 Å². The van der Waals surface area contributed by atoms with Gasteiger partial charge in [0.1, 0.15) is 0 Å². The molecule has 23 heavy (non-hydrogen) atoms. The average Bonchev–Trinajstić information content (AvgIpc) is 3.06. The van der Waals surface area contributed by atoms with Gasteiger partial charge in [0.25, 0.3) is 0 Å². The number of aromatic nitrogens is 1. The molecule has 7 heteroatoms. The number of hydrogen-bond donors (Lipinski definition) is 0. The van der Waals surface area contributed by atoms with Crippen molar-refractivity contribution in [3.8, 4) is 0 Å². The molecule has 1 aromatic heterocycles. The Bertz CT molecular complexity index is 675. The van der Waals surface area contributed by atoms with Crippen LogP contribution in [0.25, 0.3) is 0 Å². The highest BCUT2D eigenvalue weighted by Gasteiger charge is 2.53. The predicted molar refractivity (Wildman–Crippen MR) is 87.7 cm³/mol. The van der Waals surface area contributed by atoms with Crippen molar-refractivity contribution >= 4 is 15.7 Å². The Balaban J connectivity index is 1.64. The standard InChI is InChI=1S/C16H23N3O3S/c1-18(2)14-11-23(21,22)15-10-19(9-13(14)15)16(20)6-5-12-4-3-7-17-8-12/h3-4,7-8,13-15H,5-6,9-11H2,1-2H3/t13-,14-,15-/m0/s1. The maximum Gasteiger partial charge on any atom is 0.222 e. The van der Waals surface area contributed by atoms with E-state index >= 15 is 0 Å². The molecule has 0 aromatic carbocycles. The van der Waals surface area contributed by atoms with E-state index in [0.717, 1.165) is 5.56 Å². The van der Waals surface area contributed by atoms with Crippen LogP contribution in [0.4, 0.5) is 0 Å². The molecule has 6 nitrogen and oxygen atoms in total. The zero-order chi connectivity index (χ0) is 16.6. The van der Waals surface area contributed by atoms with Crippen LogP contribution in [-0.4, -0.2) is 73.3 Å². The first-order valence-corrected chi connectivity index (χ1v) is 9.64. The minimum Gasteiger partial charge on any atom is -0.341 e. The van der Waals surface area contributed by atoms with E-state index in [1.165, 1.54) is 0 Å². The number of amides is 1. The molecule has 0 radical (unpaired) electrons. The third-order valence-corrected chi connectivity index (χ3v) is 7.26. The highest BCUT2D eigenvalue weighted by atomic mass is 32.2. The lowest BCUT2D eigenvalue weighted by Gasteiger charge is -2.25. The summed E-state index contributed by atoms with van der Waals surface area (Å²) in [7, 11) is 0.727. The van der Waals surface area contributed by atoms with E-state index < -0.39 is 15.1 Å². The normalized spacial score (nSPS) is 29.0. The van der Waals surface area contributed by atoms with Crippen LogP contribution in [0.3, 0.4) is 0 Å². The molecule has 0 N–H and O–H groups in total. The first-order valence-electron chi connectivity index (χ1n) is 7.93. The number of aryl methyl sites for hydroxylation is 1. The van der Waals surface area contributed by atoms with Crippen molar-refractivity contribution in [2.45, 2.75) is 24.1 Å². The van der Waals surface area contributed by atoms with Crippen LogP contribution in [0, 0.1) is 5.92 Å². The summed E-state index contributed by atoms with van der Waals surface area (Å²) in [6, 6.07) is 3.82. The smallest absolute Gasteiger partial charge is 0.222 e. The number of rotatable bonds is 4. The minimum absolute atomic E-state index is 0.0149. The molecule has 0 saturated carbocycles. The quantitative estimate of drug-likeness (QED) is 0.785. The molecule has 3 atom stereocenters. The molecule has 0 aliphatic carbocycles. The van der Waals surface area contributed by atoms with Crippen molar-refractivity contribution in [3.05, 3.63) is 30.1 Å². The van der Waals surface area contributed by atoms with Crippen LogP contribution < -0.4 is 0 Å². The van der Waals surface area contributed by atoms with E-state index in [0.29, 0.717) is 25.9 Å². The van der Waals surface area contributed by atoms with E-state index in [2.05, 4.69) is 4.98 Å². The molecule has 1 amide bonds. The van der Waals surface area contributed by atoms with Crippen molar-refractivity contribution in [2.24, 2.45) is 5.92 Å². The van der Waals surface area contributed by atoms with Crippen molar-refractivity contribution in [1.29, 1.82) is 0 Å². The van der Waals surface area contributed by atoms with Crippen molar-refractivity contribution in [3.63, 3.8) is 0 Å². The first kappa shape index (κ1) is 16.4. The molecule has 2 aliphatic rings. The van der Waals surface area contributed by atoms with Gasteiger partial charge in [-0.2, -0.15) is 0 Å². The Labute approximate surface area is 137 Å². The number of carbonyl (C=O) groups is 1. The van der Waals surface area contributed by atoms with E-state index in [4.69, 9.17) is 0 Å². The molecular formula is C16H23N3O3S. The second-order valence-corrected chi connectivity index (χ2v) is 8.99. The molecule has 0 unspecified atom stereocenters. The summed E-state index contributed by atoms with van der Waals surface area (Å²) in [6.07, 6.45) is 4.51. The maximum absolute atomic E-state index is 12.4. The Morgan fingerprint density at radius 3 is 2.83 bits per heavy atom. The van der Waals surface area contributed by atoms with Gasteiger partial charge in [-0.15, -0.1) is 0 Å². The molecule has 0 spiro atoms. The van der Waals surface area contributed by atoms with Crippen LogP contribution in [0.2, 0.25) is 0 Å². The molecule has 2 fully saturated rings. The summed E-state index contributed by atoms with van der Waals surface area (Å²) >= 11 is 0. The SMILES string of the molecule is CN(C)[C@H]1CS(=O)(=O)[C@H]2CN(C(=O)CCc3cccnc3)C[C@@H]12. The number of hydrogen-bond acceptors (Lipinski definition) is 5. The van der Waals surface area contributed by atoms with Gasteiger partial charge in [0, 0.05) is 43.9 Å². The molecule has 3 heterocycles. The zero-order valence-electron chi connectivity index (χ0n) is 13.6. The molecule has 1 aromatic rings. The fourth-order valence-corrected chi connectivity index (χ4v) is 6.20. The van der Waals surface area contributed by atoms with Crippen LogP contribution in [0.1, 0.15) is 12.0 Å². The Kier molecular flexibility index (Phi) is 4.42. The monoisotopic (exact) mass is 337 g/mol. The number of fused-ring (bicyclic) bond motifs is 1. The van der Waals surface area contributed by atoms with Crippen LogP contribution in [-0.2, 0) is 21.1 Å². The van der Waals surface area contributed by atoms with Gasteiger partial charge >= 0.3 is 0 Å². The second kappa shape index (κ2) is 6.20. The summed E-state index contributed by atoms with van der Waals surface area (Å²) in [5, 5.41) is -0.391. The number of carbonyl (C=O) groups excluding carboxylic acids is 1. The lowest BCUT2D eigenvalue weighted by Crippen LogP contribution is -2.38. The molecule has 2 saturated heterocycles. The number of pyridine rings is 1. The van der Waals surface area contributed by atoms with E-state index in [-0.39, 0.29) is 23.6 Å². The molecule has 126 valence electrons. The maximum atomic E-state index is 12.4. The Morgan fingerprint density at radius 2 is 2.17 bits per heavy atom. The zero-order valence-corrected chi connectivity index (χ0v) is 14.4. The highest BCUT2D eigenvalue weighted by Crippen LogP contribution is 2.36. The van der Waals surface area contributed by atoms with E-state index in [1.54, 1.807) is 17.3 Å². The van der Waals surface area contributed by atoms with E-state index in [9.17, 15) is 13.2 Å². The highest BCUT2D eigenvalue weighted by molar-refractivity contribution is 7.92. The van der Waals surface area contributed by atoms with Gasteiger partial charge < -0.3 is 9.80 Å². The first-order chi connectivity index (χ1) is 10.9. The van der Waals surface area contributed by atoms with E-state index in [1.807, 2.05) is 31.1 Å². The van der Waals surface area contributed by atoms with Gasteiger partial charge in [-0.1, -0.05) is 6.07 Å². The summed E-state index contributed by atoms with van der Waals surface area (Å²) < 4.78 is 24.7. The van der Waals surface area contributed by atoms with Gasteiger partial charge in [0.05, 0.1) is 11.0 Å². The third-order valence-electron chi connectivity index (χ3n) is 5.03. The molecular weight excluding hydrogens is 314 g/mol. The number of nitrogens with zero attached hydrogens (tertiary/aromatic N) is 3. The van der Waals surface area contributed by atoms with Crippen molar-refractivity contribution in [1.82, 2.24) is 14.8 Å². The van der Waals surface area contributed by atoms with Crippen LogP contribution >= 0.6 is 0 Å². The van der Waals surface area contributed by atoms with Crippen molar-refractivity contribution < 1.29 is 13.2 Å². The third kappa shape index (κ3) is 3.26. The van der Waals surface area contributed by atoms with Crippen LogP contribution in [0.5, 0.6) is 0 Å². The fraction of sp³-hybridized carbons (Fsp3) is 0.625. The lowest BCUT2D eigenvalue weighted by molar-refractivity contribution is -0.130. The van der Waals surface area contributed by atoms with Crippen LogP contribution in [0.15, 0.2) is 24.5 Å². The van der Waals surface area contributed by atoms with Gasteiger partial charge in [-0.3, -0.25) is 9.78 Å². The predicted octanol–water partition coefficient (Wildman–Crippen LogP) is 0.200. The number of sulfone groups is 1. The fourth-order valence-electron chi connectivity index (χ4n) is 3.72. The largest absolute Gasteiger partial charge is 0.341 e. The second-order valence-electron chi connectivity index (χ2n) is 6.72. The summed E-state index contributed by atoms with van der Waals surface area (Å²) in [4.78, 5) is 20.2. The number of likely N-dealkylation sites (tertiary alicyclic amines) is 1. The van der Waals surface area contributed by atoms with Gasteiger partial charge in [0.2, 0.25) is 5.91 Å². The molecule has 0 bridgehead atoms. The molecule has 3 rings (SSSR count). The summed E-state index contributed by atoms with van der Waals surface area (Å²) in [5.41, 5.74) is 1.03. The Hall–Kier alpha value is -1.47. The average molecular weight is 337 g/mol. The molecule has 2 aliphatic heterocycles. The minimum atomic E-state index is -3.10.